The van der Waals surface area contributed by atoms with Gasteiger partial charge in [0.05, 0.1) is 11.9 Å². The van der Waals surface area contributed by atoms with E-state index in [1.54, 1.807) is 13.8 Å². The standard InChI is InChI=1S/C18H20N2O3S/c1-4-10-20-12(3)19-16-14(17(20)21)11(2)15(24-16)18(22)23-13-8-6-5-7-9-13/h1,13H,5-10H2,2-3H3. The number of ether oxygens (including phenoxy) is 1. The molecule has 24 heavy (non-hydrogen) atoms. The van der Waals surface area contributed by atoms with Gasteiger partial charge in [0.15, 0.2) is 0 Å². The van der Waals surface area contributed by atoms with Gasteiger partial charge in [0.25, 0.3) is 5.56 Å². The number of aromatic nitrogens is 2. The fourth-order valence-corrected chi connectivity index (χ4v) is 4.28. The van der Waals surface area contributed by atoms with Crippen molar-refractivity contribution in [3.05, 3.63) is 26.6 Å². The van der Waals surface area contributed by atoms with Crippen LogP contribution in [0.3, 0.4) is 0 Å². The van der Waals surface area contributed by atoms with Crippen molar-refractivity contribution < 1.29 is 9.53 Å². The number of nitrogens with zero attached hydrogens (tertiary/aromatic N) is 2. The highest BCUT2D eigenvalue weighted by atomic mass is 32.1. The van der Waals surface area contributed by atoms with Gasteiger partial charge in [-0.2, -0.15) is 0 Å². The number of carbonyl (C=O) groups excluding carboxylic acids is 1. The van der Waals surface area contributed by atoms with Gasteiger partial charge in [-0.15, -0.1) is 17.8 Å². The van der Waals surface area contributed by atoms with Crippen LogP contribution in [-0.4, -0.2) is 21.6 Å². The van der Waals surface area contributed by atoms with Gasteiger partial charge in [-0.3, -0.25) is 9.36 Å². The number of carbonyl (C=O) groups is 1. The zero-order chi connectivity index (χ0) is 17.3. The van der Waals surface area contributed by atoms with Gasteiger partial charge in [-0.05, 0) is 45.1 Å². The molecule has 0 bridgehead atoms. The second-order valence-corrected chi connectivity index (χ2v) is 7.16. The van der Waals surface area contributed by atoms with Crippen molar-refractivity contribution in [1.82, 2.24) is 9.55 Å². The van der Waals surface area contributed by atoms with Gasteiger partial charge in [-0.1, -0.05) is 12.3 Å². The summed E-state index contributed by atoms with van der Waals surface area (Å²) in [5, 5.41) is 0.469. The van der Waals surface area contributed by atoms with E-state index < -0.39 is 0 Å². The summed E-state index contributed by atoms with van der Waals surface area (Å²) in [6, 6.07) is 0. The van der Waals surface area contributed by atoms with E-state index in [9.17, 15) is 9.59 Å². The average Bonchev–Trinajstić information content (AvgIpc) is 2.89. The second kappa shape index (κ2) is 6.78. The van der Waals surface area contributed by atoms with Crippen LogP contribution < -0.4 is 5.56 Å². The molecule has 1 fully saturated rings. The molecule has 0 radical (unpaired) electrons. The van der Waals surface area contributed by atoms with Gasteiger partial charge in [0.2, 0.25) is 0 Å². The fraction of sp³-hybridized carbons (Fsp3) is 0.500. The Morgan fingerprint density at radius 1 is 1.38 bits per heavy atom. The third kappa shape index (κ3) is 2.96. The summed E-state index contributed by atoms with van der Waals surface area (Å²) in [6.45, 7) is 3.69. The van der Waals surface area contributed by atoms with E-state index in [-0.39, 0.29) is 24.2 Å². The van der Waals surface area contributed by atoms with E-state index in [2.05, 4.69) is 10.9 Å². The molecule has 2 aromatic rings. The zero-order valence-electron chi connectivity index (χ0n) is 13.9. The maximum absolute atomic E-state index is 12.7. The number of thiophene rings is 1. The number of fused-ring (bicyclic) bond motifs is 1. The minimum atomic E-state index is -0.344. The van der Waals surface area contributed by atoms with Crippen LogP contribution in [0, 0.1) is 26.2 Å². The Hall–Kier alpha value is -2.13. The van der Waals surface area contributed by atoms with Crippen LogP contribution in [0.4, 0.5) is 0 Å². The lowest BCUT2D eigenvalue weighted by Gasteiger charge is -2.21. The third-order valence-electron chi connectivity index (χ3n) is 4.50. The number of aryl methyl sites for hydroxylation is 2. The molecule has 0 aliphatic heterocycles. The summed E-state index contributed by atoms with van der Waals surface area (Å²) in [5.74, 6) is 2.68. The summed E-state index contributed by atoms with van der Waals surface area (Å²) in [6.07, 6.45) is 10.6. The highest BCUT2D eigenvalue weighted by molar-refractivity contribution is 7.20. The smallest absolute Gasteiger partial charge is 0.348 e. The first kappa shape index (κ1) is 16.7. The molecule has 3 rings (SSSR count). The van der Waals surface area contributed by atoms with E-state index in [0.29, 0.717) is 26.5 Å². The van der Waals surface area contributed by atoms with Crippen LogP contribution in [0.5, 0.6) is 0 Å². The van der Waals surface area contributed by atoms with Gasteiger partial charge in [0.1, 0.15) is 21.6 Å². The predicted molar refractivity (Wildman–Crippen MR) is 94.5 cm³/mol. The highest BCUT2D eigenvalue weighted by Gasteiger charge is 2.24. The van der Waals surface area contributed by atoms with Crippen molar-refractivity contribution in [3.63, 3.8) is 0 Å². The van der Waals surface area contributed by atoms with Crippen molar-refractivity contribution >= 4 is 27.5 Å². The number of terminal acetylenes is 1. The molecule has 1 saturated carbocycles. The minimum absolute atomic E-state index is 0.0105. The van der Waals surface area contributed by atoms with Crippen molar-refractivity contribution in [2.75, 3.05) is 0 Å². The quantitative estimate of drug-likeness (QED) is 0.634. The normalized spacial score (nSPS) is 15.4. The summed E-state index contributed by atoms with van der Waals surface area (Å²) >= 11 is 1.23. The van der Waals surface area contributed by atoms with Gasteiger partial charge >= 0.3 is 5.97 Å². The van der Waals surface area contributed by atoms with Crippen LogP contribution >= 0.6 is 11.3 Å². The lowest BCUT2D eigenvalue weighted by Crippen LogP contribution is -2.23. The van der Waals surface area contributed by atoms with Crippen LogP contribution in [-0.2, 0) is 11.3 Å². The molecule has 2 aromatic heterocycles. The molecule has 0 aromatic carbocycles. The van der Waals surface area contributed by atoms with E-state index in [1.807, 2.05) is 0 Å². The number of hydrogen-bond donors (Lipinski definition) is 0. The van der Waals surface area contributed by atoms with Gasteiger partial charge in [-0.25, -0.2) is 9.78 Å². The first-order valence-electron chi connectivity index (χ1n) is 8.18. The molecular weight excluding hydrogens is 324 g/mol. The van der Waals surface area contributed by atoms with Crippen LogP contribution in [0.1, 0.15) is 53.2 Å². The molecule has 0 saturated heterocycles. The highest BCUT2D eigenvalue weighted by Crippen LogP contribution is 2.29. The largest absolute Gasteiger partial charge is 0.458 e. The van der Waals surface area contributed by atoms with Gasteiger partial charge in [0, 0.05) is 0 Å². The SMILES string of the molecule is C#CCn1c(C)nc2sc(C(=O)OC3CCCCC3)c(C)c2c1=O. The Labute approximate surface area is 144 Å². The molecule has 0 atom stereocenters. The number of esters is 1. The lowest BCUT2D eigenvalue weighted by atomic mass is 9.98. The summed E-state index contributed by atoms with van der Waals surface area (Å²) in [4.78, 5) is 30.7. The fourth-order valence-electron chi connectivity index (χ4n) is 3.18. The molecule has 0 N–H and O–H groups in total. The Balaban J connectivity index is 1.99. The maximum atomic E-state index is 12.7. The van der Waals surface area contributed by atoms with Crippen molar-refractivity contribution in [2.24, 2.45) is 0 Å². The first-order chi connectivity index (χ1) is 11.5. The summed E-state index contributed by atoms with van der Waals surface area (Å²) in [7, 11) is 0. The van der Waals surface area contributed by atoms with E-state index >= 15 is 0 Å². The van der Waals surface area contributed by atoms with E-state index in [0.717, 1.165) is 25.7 Å². The molecular formula is C18H20N2O3S. The summed E-state index contributed by atoms with van der Waals surface area (Å²) in [5.41, 5.74) is 0.444. The second-order valence-electron chi connectivity index (χ2n) is 6.16. The molecule has 126 valence electrons. The molecule has 0 unspecified atom stereocenters. The third-order valence-corrected chi connectivity index (χ3v) is 5.67. The Morgan fingerprint density at radius 3 is 2.75 bits per heavy atom. The summed E-state index contributed by atoms with van der Waals surface area (Å²) < 4.78 is 7.09. The Bertz CT molecular complexity index is 882. The van der Waals surface area contributed by atoms with Crippen molar-refractivity contribution in [1.29, 1.82) is 0 Å². The topological polar surface area (TPSA) is 61.2 Å². The molecule has 6 heteroatoms. The molecule has 2 heterocycles. The predicted octanol–water partition coefficient (Wildman–Crippen LogP) is 3.20. The molecule has 5 nitrogen and oxygen atoms in total. The first-order valence-corrected chi connectivity index (χ1v) is 8.99. The van der Waals surface area contributed by atoms with Gasteiger partial charge < -0.3 is 4.74 Å². The minimum Gasteiger partial charge on any atom is -0.458 e. The van der Waals surface area contributed by atoms with Crippen LogP contribution in [0.15, 0.2) is 4.79 Å². The van der Waals surface area contributed by atoms with Crippen LogP contribution in [0.2, 0.25) is 0 Å². The Kier molecular flexibility index (Phi) is 4.72. The van der Waals surface area contributed by atoms with Crippen molar-refractivity contribution in [2.45, 2.75) is 58.6 Å². The maximum Gasteiger partial charge on any atom is 0.348 e. The lowest BCUT2D eigenvalue weighted by molar-refractivity contribution is 0.0216. The zero-order valence-corrected chi connectivity index (χ0v) is 14.7. The average molecular weight is 344 g/mol. The van der Waals surface area contributed by atoms with E-state index in [4.69, 9.17) is 11.2 Å². The molecule has 0 amide bonds. The van der Waals surface area contributed by atoms with Crippen molar-refractivity contribution in [3.8, 4) is 12.3 Å². The number of hydrogen-bond acceptors (Lipinski definition) is 5. The Morgan fingerprint density at radius 2 is 2.08 bits per heavy atom. The van der Waals surface area contributed by atoms with E-state index in [1.165, 1.54) is 22.3 Å². The molecule has 0 spiro atoms. The number of rotatable bonds is 3. The van der Waals surface area contributed by atoms with Crippen LogP contribution in [0.25, 0.3) is 10.2 Å². The monoisotopic (exact) mass is 344 g/mol. The molecule has 1 aliphatic carbocycles. The molecule has 1 aliphatic rings.